The molecule has 2 aromatic rings. The predicted octanol–water partition coefficient (Wildman–Crippen LogP) is 1.35. The Kier molecular flexibility index (Phi) is 1.73. The van der Waals surface area contributed by atoms with E-state index in [1.54, 1.807) is 0 Å². The van der Waals surface area contributed by atoms with E-state index in [1.165, 1.54) is 0 Å². The van der Waals surface area contributed by atoms with Crippen LogP contribution in [0.15, 0.2) is 14.9 Å². The Hall–Kier alpha value is -2.61. The van der Waals surface area contributed by atoms with Crippen molar-refractivity contribution in [3.63, 3.8) is 0 Å². The second-order valence-electron chi connectivity index (χ2n) is 2.06. The zero-order valence-electron chi connectivity index (χ0n) is 6.39. The fourth-order valence-corrected chi connectivity index (χ4v) is 0.792. The summed E-state index contributed by atoms with van der Waals surface area (Å²) in [5.74, 6) is -0.614. The number of nitroso groups, excluding NO2 is 1. The second kappa shape index (κ2) is 3.03. The summed E-state index contributed by atoms with van der Waals surface area (Å²) in [6, 6.07) is 0. The first kappa shape index (κ1) is 8.01. The lowest BCUT2D eigenvalue weighted by atomic mass is 10.6. The molecule has 10 heteroatoms. The van der Waals surface area contributed by atoms with Gasteiger partial charge < -0.3 is 0 Å². The van der Waals surface area contributed by atoms with E-state index in [-0.39, 0.29) is 22.9 Å². The molecular weight excluding hydrogens is 192 g/mol. The summed E-state index contributed by atoms with van der Waals surface area (Å²) in [4.78, 5) is 20.0. The molecule has 10 nitrogen and oxygen atoms in total. The van der Waals surface area contributed by atoms with E-state index in [0.717, 1.165) is 0 Å². The number of aromatic nitrogens is 4. The molecule has 0 aliphatic rings. The van der Waals surface area contributed by atoms with Crippen molar-refractivity contribution in [3.8, 4) is 0 Å². The van der Waals surface area contributed by atoms with E-state index < -0.39 is 0 Å². The van der Waals surface area contributed by atoms with Crippen LogP contribution in [-0.2, 0) is 0 Å². The normalized spacial score (nSPS) is 9.71. The first-order valence-electron chi connectivity index (χ1n) is 3.24. The summed E-state index contributed by atoms with van der Waals surface area (Å²) in [7, 11) is 0. The van der Waals surface area contributed by atoms with Crippen molar-refractivity contribution in [2.45, 2.75) is 0 Å². The smallest absolute Gasteiger partial charge is 0.240 e. The van der Waals surface area contributed by atoms with Crippen LogP contribution >= 0.6 is 0 Å². The summed E-state index contributed by atoms with van der Waals surface area (Å²) in [6.45, 7) is 0. The minimum absolute atomic E-state index is 0.0245. The molecule has 0 unspecified atom stereocenters. The molecule has 2 rings (SSSR count). The van der Waals surface area contributed by atoms with E-state index >= 15 is 0 Å². The van der Waals surface area contributed by atoms with Gasteiger partial charge in [0.2, 0.25) is 17.1 Å². The maximum atomic E-state index is 10.3. The van der Waals surface area contributed by atoms with Gasteiger partial charge in [-0.15, -0.1) is 4.91 Å². The van der Waals surface area contributed by atoms with Crippen molar-refractivity contribution in [3.05, 3.63) is 15.3 Å². The summed E-state index contributed by atoms with van der Waals surface area (Å²) >= 11 is 0. The van der Waals surface area contributed by atoms with E-state index in [0.29, 0.717) is 0 Å². The highest BCUT2D eigenvalue weighted by atomic mass is 16.6. The maximum Gasteiger partial charge on any atom is 0.245 e. The molecule has 68 valence electrons. The van der Waals surface area contributed by atoms with Crippen LogP contribution < -0.4 is 0 Å². The topological polar surface area (TPSA) is 143 Å². The molecule has 0 bridgehead atoms. The first-order valence-corrected chi connectivity index (χ1v) is 3.24. The molecule has 0 saturated heterocycles. The molecular formula is C4N8O2. The monoisotopic (exact) mass is 192 g/mol. The molecule has 0 fully saturated rings. The molecule has 0 spiro atoms. The van der Waals surface area contributed by atoms with Gasteiger partial charge in [0.1, 0.15) is 0 Å². The van der Waals surface area contributed by atoms with Gasteiger partial charge in [-0.3, -0.25) is 0 Å². The zero-order valence-corrected chi connectivity index (χ0v) is 6.39. The van der Waals surface area contributed by atoms with Gasteiger partial charge in [0.15, 0.2) is 5.82 Å². The third kappa shape index (κ3) is 1.11. The van der Waals surface area contributed by atoms with Crippen LogP contribution in [0.5, 0.6) is 0 Å². The lowest BCUT2D eigenvalue weighted by Gasteiger charge is -1.90. The van der Waals surface area contributed by atoms with Crippen molar-refractivity contribution < 1.29 is 4.63 Å². The van der Waals surface area contributed by atoms with E-state index in [1.807, 2.05) is 0 Å². The molecule has 0 radical (unpaired) electrons. The molecule has 0 aliphatic heterocycles. The summed E-state index contributed by atoms with van der Waals surface area (Å²) in [5.41, 5.74) is 8.22. The van der Waals surface area contributed by atoms with Gasteiger partial charge in [0, 0.05) is 4.91 Å². The molecule has 0 aliphatic carbocycles. The highest BCUT2D eigenvalue weighted by Gasteiger charge is 2.11. The average Bonchev–Trinajstić information content (AvgIpc) is 2.64. The number of nitrogens with zero attached hydrogens (tertiary/aromatic N) is 8. The van der Waals surface area contributed by atoms with Crippen LogP contribution in [0.3, 0.4) is 0 Å². The van der Waals surface area contributed by atoms with E-state index in [9.17, 15) is 4.91 Å². The van der Waals surface area contributed by atoms with Crippen LogP contribution in [0, 0.1) is 4.91 Å². The standard InChI is InChI=1S/C4N8O2/c5-12-8-1-2(9-13)7-4-3(6-1)10-14-11-4. The lowest BCUT2D eigenvalue weighted by Crippen LogP contribution is -1.83. The molecule has 0 saturated carbocycles. The zero-order chi connectivity index (χ0) is 9.97. The molecule has 14 heavy (non-hydrogen) atoms. The average molecular weight is 192 g/mol. The van der Waals surface area contributed by atoms with E-state index in [2.05, 4.69) is 40.1 Å². The van der Waals surface area contributed by atoms with Gasteiger partial charge in [-0.05, 0) is 26.1 Å². The van der Waals surface area contributed by atoms with Crippen molar-refractivity contribution >= 4 is 22.9 Å². The molecule has 0 aromatic carbocycles. The predicted molar refractivity (Wildman–Crippen MR) is 41.7 cm³/mol. The van der Waals surface area contributed by atoms with Crippen LogP contribution in [0.1, 0.15) is 0 Å². The van der Waals surface area contributed by atoms with Gasteiger partial charge in [0.25, 0.3) is 0 Å². The second-order valence-corrected chi connectivity index (χ2v) is 2.06. The summed E-state index contributed by atoms with van der Waals surface area (Å²) < 4.78 is 4.29. The minimum Gasteiger partial charge on any atom is -0.240 e. The van der Waals surface area contributed by atoms with E-state index in [4.69, 9.17) is 5.53 Å². The first-order chi connectivity index (χ1) is 6.85. The highest BCUT2D eigenvalue weighted by Crippen LogP contribution is 2.24. The van der Waals surface area contributed by atoms with Crippen molar-refractivity contribution in [1.29, 1.82) is 0 Å². The number of azide groups is 1. The Morgan fingerprint density at radius 1 is 1.21 bits per heavy atom. The Balaban J connectivity index is 2.78. The largest absolute Gasteiger partial charge is 0.245 e. The Morgan fingerprint density at radius 3 is 2.43 bits per heavy atom. The van der Waals surface area contributed by atoms with Crippen LogP contribution in [0.4, 0.5) is 11.6 Å². The SMILES string of the molecule is [N-]=[N+]=Nc1nc2nonc2nc1N=O. The number of hydrogen-bond donors (Lipinski definition) is 0. The highest BCUT2D eigenvalue weighted by molar-refractivity contribution is 5.70. The third-order valence-corrected chi connectivity index (χ3v) is 1.30. The van der Waals surface area contributed by atoms with Crippen molar-refractivity contribution in [1.82, 2.24) is 20.3 Å². The lowest BCUT2D eigenvalue weighted by molar-refractivity contribution is 0.314. The quantitative estimate of drug-likeness (QED) is 0.304. The molecule has 0 N–H and O–H groups in total. The van der Waals surface area contributed by atoms with Crippen LogP contribution in [-0.4, -0.2) is 20.3 Å². The summed E-state index contributed by atoms with van der Waals surface area (Å²) in [6.07, 6.45) is 0. The van der Waals surface area contributed by atoms with Gasteiger partial charge in [-0.25, -0.2) is 9.61 Å². The van der Waals surface area contributed by atoms with Gasteiger partial charge >= 0.3 is 0 Å². The number of hydrogen-bond acceptors (Lipinski definition) is 8. The molecule has 0 amide bonds. The molecule has 0 atom stereocenters. The minimum atomic E-state index is -0.356. The Labute approximate surface area is 74.5 Å². The van der Waals surface area contributed by atoms with Crippen LogP contribution in [0.25, 0.3) is 21.7 Å². The maximum absolute atomic E-state index is 10.3. The molecule has 2 heterocycles. The Bertz CT molecular complexity index is 539. The fraction of sp³-hybridized carbons (Fsp3) is 0. The van der Waals surface area contributed by atoms with Gasteiger partial charge in [-0.1, -0.05) is 0 Å². The summed E-state index contributed by atoms with van der Waals surface area (Å²) in [5, 5.41) is 12.3. The van der Waals surface area contributed by atoms with Crippen molar-refractivity contribution in [2.75, 3.05) is 0 Å². The van der Waals surface area contributed by atoms with Crippen molar-refractivity contribution in [2.24, 2.45) is 10.3 Å². The Morgan fingerprint density at radius 2 is 1.86 bits per heavy atom. The number of rotatable bonds is 2. The molecule has 2 aromatic heterocycles. The van der Waals surface area contributed by atoms with Gasteiger partial charge in [-0.2, -0.15) is 4.98 Å². The fourth-order valence-electron chi connectivity index (χ4n) is 0.792. The van der Waals surface area contributed by atoms with Crippen LogP contribution in [0.2, 0.25) is 0 Å². The third-order valence-electron chi connectivity index (χ3n) is 1.30. The van der Waals surface area contributed by atoms with Gasteiger partial charge in [0.05, 0.1) is 0 Å². The number of fused-ring (bicyclic) bond motifs is 1.